The Hall–Kier alpha value is -0.610. The van der Waals surface area contributed by atoms with Crippen LogP contribution in [0.5, 0.6) is 0 Å². The third-order valence-electron chi connectivity index (χ3n) is 2.28. The van der Waals surface area contributed by atoms with E-state index in [4.69, 9.17) is 0 Å². The fraction of sp³-hybridized carbons (Fsp3) is 0.889. The molecule has 0 atom stereocenters. The van der Waals surface area contributed by atoms with E-state index in [2.05, 4.69) is 10.7 Å². The molecule has 4 nitrogen and oxygen atoms in total. The number of carbonyl (C=O) groups is 1. The molecule has 0 aromatic heterocycles. The molecule has 0 aliphatic heterocycles. The lowest BCUT2D eigenvalue weighted by Gasteiger charge is -2.14. The summed E-state index contributed by atoms with van der Waals surface area (Å²) in [4.78, 5) is 11.3. The summed E-state index contributed by atoms with van der Waals surface area (Å²) in [7, 11) is 3.76. The van der Waals surface area contributed by atoms with Crippen LogP contribution in [-0.2, 0) is 4.79 Å². The number of hydrogen-bond acceptors (Lipinski definition) is 3. The van der Waals surface area contributed by atoms with Gasteiger partial charge in [0, 0.05) is 20.1 Å². The van der Waals surface area contributed by atoms with Gasteiger partial charge >= 0.3 is 0 Å². The maximum atomic E-state index is 11.3. The van der Waals surface area contributed by atoms with Crippen LogP contribution in [0.25, 0.3) is 0 Å². The van der Waals surface area contributed by atoms with E-state index in [1.807, 2.05) is 14.1 Å². The number of rotatable bonds is 4. The summed E-state index contributed by atoms with van der Waals surface area (Å²) in [5.41, 5.74) is 2.94. The van der Waals surface area contributed by atoms with Crippen LogP contribution >= 0.6 is 0 Å². The normalized spacial score (nSPS) is 18.1. The molecule has 0 saturated heterocycles. The summed E-state index contributed by atoms with van der Waals surface area (Å²) in [5, 5.41) is 4.79. The molecule has 1 saturated carbocycles. The van der Waals surface area contributed by atoms with Gasteiger partial charge in [-0.3, -0.25) is 9.80 Å². The van der Waals surface area contributed by atoms with Crippen LogP contribution in [0.2, 0.25) is 0 Å². The SMILES string of the molecule is CN(C)NCC(=O)NC1CCCC1. The van der Waals surface area contributed by atoms with E-state index < -0.39 is 0 Å². The third kappa shape index (κ3) is 4.24. The van der Waals surface area contributed by atoms with Crippen molar-refractivity contribution in [3.8, 4) is 0 Å². The molecule has 0 bridgehead atoms. The highest BCUT2D eigenvalue weighted by molar-refractivity contribution is 5.78. The Morgan fingerprint density at radius 3 is 2.54 bits per heavy atom. The highest BCUT2D eigenvalue weighted by atomic mass is 16.2. The lowest BCUT2D eigenvalue weighted by atomic mass is 10.2. The second kappa shape index (κ2) is 5.19. The third-order valence-corrected chi connectivity index (χ3v) is 2.28. The van der Waals surface area contributed by atoms with Crippen LogP contribution in [0.3, 0.4) is 0 Å². The lowest BCUT2D eigenvalue weighted by Crippen LogP contribution is -2.43. The Kier molecular flexibility index (Phi) is 4.18. The quantitative estimate of drug-likeness (QED) is 0.611. The second-order valence-electron chi connectivity index (χ2n) is 3.78. The van der Waals surface area contributed by atoms with Crippen molar-refractivity contribution in [2.24, 2.45) is 0 Å². The Labute approximate surface area is 79.6 Å². The number of nitrogens with one attached hydrogen (secondary N) is 2. The van der Waals surface area contributed by atoms with E-state index in [9.17, 15) is 4.79 Å². The molecule has 0 spiro atoms. The van der Waals surface area contributed by atoms with Crippen molar-refractivity contribution in [3.63, 3.8) is 0 Å². The van der Waals surface area contributed by atoms with Crippen molar-refractivity contribution < 1.29 is 4.79 Å². The van der Waals surface area contributed by atoms with Crippen LogP contribution in [0.15, 0.2) is 0 Å². The van der Waals surface area contributed by atoms with Gasteiger partial charge < -0.3 is 5.32 Å². The zero-order valence-corrected chi connectivity index (χ0v) is 8.47. The fourth-order valence-corrected chi connectivity index (χ4v) is 1.58. The molecule has 76 valence electrons. The van der Waals surface area contributed by atoms with Gasteiger partial charge in [-0.25, -0.2) is 5.43 Å². The average Bonchev–Trinajstić information content (AvgIpc) is 2.53. The zero-order chi connectivity index (χ0) is 9.68. The minimum atomic E-state index is 0.0978. The van der Waals surface area contributed by atoms with Crippen molar-refractivity contribution in [2.75, 3.05) is 20.6 Å². The van der Waals surface area contributed by atoms with E-state index >= 15 is 0 Å². The monoisotopic (exact) mass is 185 g/mol. The van der Waals surface area contributed by atoms with Gasteiger partial charge in [-0.1, -0.05) is 12.8 Å². The molecule has 4 heteroatoms. The van der Waals surface area contributed by atoms with Crippen molar-refractivity contribution in [2.45, 2.75) is 31.7 Å². The molecule has 0 aromatic rings. The molecule has 1 amide bonds. The minimum Gasteiger partial charge on any atom is -0.352 e. The summed E-state index contributed by atoms with van der Waals surface area (Å²) >= 11 is 0. The fourth-order valence-electron chi connectivity index (χ4n) is 1.58. The Balaban J connectivity index is 2.09. The maximum absolute atomic E-state index is 11.3. The molecule has 1 aliphatic rings. The van der Waals surface area contributed by atoms with Gasteiger partial charge in [0.05, 0.1) is 6.54 Å². The Morgan fingerprint density at radius 2 is 2.00 bits per heavy atom. The molecule has 13 heavy (non-hydrogen) atoms. The summed E-state index contributed by atoms with van der Waals surface area (Å²) < 4.78 is 0. The molecular formula is C9H19N3O. The standard InChI is InChI=1S/C9H19N3O/c1-12(2)10-7-9(13)11-8-5-3-4-6-8/h8,10H,3-7H2,1-2H3,(H,11,13). The molecular weight excluding hydrogens is 166 g/mol. The number of hydrogen-bond donors (Lipinski definition) is 2. The highest BCUT2D eigenvalue weighted by Gasteiger charge is 2.16. The number of hydrazine groups is 1. The smallest absolute Gasteiger partial charge is 0.235 e. The second-order valence-corrected chi connectivity index (χ2v) is 3.78. The molecule has 0 radical (unpaired) electrons. The average molecular weight is 185 g/mol. The van der Waals surface area contributed by atoms with Crippen LogP contribution < -0.4 is 10.7 Å². The van der Waals surface area contributed by atoms with Gasteiger partial charge in [0.1, 0.15) is 0 Å². The first-order valence-electron chi connectivity index (χ1n) is 4.88. The van der Waals surface area contributed by atoms with Gasteiger partial charge in [0.15, 0.2) is 0 Å². The van der Waals surface area contributed by atoms with Gasteiger partial charge in [-0.15, -0.1) is 0 Å². The molecule has 1 aliphatic carbocycles. The largest absolute Gasteiger partial charge is 0.352 e. The van der Waals surface area contributed by atoms with Gasteiger partial charge in [0.25, 0.3) is 0 Å². The first-order chi connectivity index (χ1) is 6.18. The molecule has 0 heterocycles. The van der Waals surface area contributed by atoms with Crippen LogP contribution in [-0.4, -0.2) is 37.6 Å². The van der Waals surface area contributed by atoms with E-state index in [-0.39, 0.29) is 5.91 Å². The van der Waals surface area contributed by atoms with E-state index in [0.717, 1.165) is 12.8 Å². The first-order valence-corrected chi connectivity index (χ1v) is 4.88. The van der Waals surface area contributed by atoms with Gasteiger partial charge in [-0.2, -0.15) is 0 Å². The van der Waals surface area contributed by atoms with Crippen molar-refractivity contribution >= 4 is 5.91 Å². The lowest BCUT2D eigenvalue weighted by molar-refractivity contribution is -0.121. The van der Waals surface area contributed by atoms with Crippen molar-refractivity contribution in [1.29, 1.82) is 0 Å². The molecule has 1 rings (SSSR count). The summed E-state index contributed by atoms with van der Waals surface area (Å²) in [5.74, 6) is 0.0978. The van der Waals surface area contributed by atoms with Crippen LogP contribution in [0.4, 0.5) is 0 Å². The minimum absolute atomic E-state index is 0.0978. The van der Waals surface area contributed by atoms with Crippen molar-refractivity contribution in [3.05, 3.63) is 0 Å². The summed E-state index contributed by atoms with van der Waals surface area (Å²) in [6.07, 6.45) is 4.81. The molecule has 1 fully saturated rings. The Bertz CT molecular complexity index is 164. The van der Waals surface area contributed by atoms with E-state index in [1.54, 1.807) is 5.01 Å². The topological polar surface area (TPSA) is 44.4 Å². The predicted molar refractivity (Wildman–Crippen MR) is 52.1 cm³/mol. The maximum Gasteiger partial charge on any atom is 0.235 e. The van der Waals surface area contributed by atoms with Crippen molar-refractivity contribution in [1.82, 2.24) is 15.8 Å². The van der Waals surface area contributed by atoms with Gasteiger partial charge in [0.2, 0.25) is 5.91 Å². The molecule has 2 N–H and O–H groups in total. The summed E-state index contributed by atoms with van der Waals surface area (Å²) in [6, 6.07) is 0.427. The van der Waals surface area contributed by atoms with Crippen LogP contribution in [0, 0.1) is 0 Å². The van der Waals surface area contributed by atoms with E-state index in [1.165, 1.54) is 12.8 Å². The summed E-state index contributed by atoms with van der Waals surface area (Å²) in [6.45, 7) is 0.378. The predicted octanol–water partition coefficient (Wildman–Crippen LogP) is 0.111. The number of nitrogens with zero attached hydrogens (tertiary/aromatic N) is 1. The van der Waals surface area contributed by atoms with Gasteiger partial charge in [-0.05, 0) is 12.8 Å². The number of amides is 1. The molecule has 0 unspecified atom stereocenters. The first kappa shape index (κ1) is 10.5. The van der Waals surface area contributed by atoms with Crippen LogP contribution in [0.1, 0.15) is 25.7 Å². The van der Waals surface area contributed by atoms with E-state index in [0.29, 0.717) is 12.6 Å². The zero-order valence-electron chi connectivity index (χ0n) is 8.47. The number of carbonyl (C=O) groups excluding carboxylic acids is 1. The molecule has 0 aromatic carbocycles. The Morgan fingerprint density at radius 1 is 1.38 bits per heavy atom. The highest BCUT2D eigenvalue weighted by Crippen LogP contribution is 2.17.